The maximum absolute atomic E-state index is 13.6. The fourth-order valence-corrected chi connectivity index (χ4v) is 7.84. The number of imidazole rings is 2. The Balaban J connectivity index is 0.991. The second-order valence-electron chi connectivity index (χ2n) is 16.1. The van der Waals surface area contributed by atoms with Crippen molar-refractivity contribution >= 4 is 56.8 Å². The van der Waals surface area contributed by atoms with Crippen LogP contribution in [0.1, 0.15) is 71.1 Å². The first-order valence-corrected chi connectivity index (χ1v) is 20.6. The third-order valence-electron chi connectivity index (χ3n) is 11.2. The number of fused-ring (bicyclic) bond motifs is 3. The molecule has 0 saturated carbocycles. The number of unbranched alkanes of at least 4 members (excludes halogenated alkanes) is 1. The Morgan fingerprint density at radius 3 is 2.15 bits per heavy atom. The first-order valence-electron chi connectivity index (χ1n) is 20.6. The summed E-state index contributed by atoms with van der Waals surface area (Å²) < 4.78 is 9.42. The fourth-order valence-electron chi connectivity index (χ4n) is 7.84. The van der Waals surface area contributed by atoms with Gasteiger partial charge in [0.05, 0.1) is 48.0 Å². The van der Waals surface area contributed by atoms with Gasteiger partial charge in [0.25, 0.3) is 0 Å². The van der Waals surface area contributed by atoms with E-state index in [0.717, 1.165) is 99.0 Å². The maximum atomic E-state index is 13.6. The molecular weight excluding hydrogens is 763 g/mol. The number of methoxy groups -OCH3 is 2. The Kier molecular flexibility index (Phi) is 12.6. The molecule has 0 aliphatic carbocycles. The number of rotatable bonds is 14. The summed E-state index contributed by atoms with van der Waals surface area (Å²) in [5.74, 6) is 1.06. The molecule has 7 rings (SSSR count). The zero-order valence-corrected chi connectivity index (χ0v) is 34.9. The molecule has 0 bridgehead atoms. The Morgan fingerprint density at radius 2 is 1.42 bits per heavy atom. The molecule has 15 nitrogen and oxygen atoms in total. The monoisotopic (exact) mass is 815 g/mol. The molecular formula is C45H53N9O6. The van der Waals surface area contributed by atoms with Gasteiger partial charge in [0.1, 0.15) is 23.7 Å². The van der Waals surface area contributed by atoms with E-state index in [9.17, 15) is 19.2 Å². The molecule has 3 aromatic heterocycles. The average Bonchev–Trinajstić information content (AvgIpc) is 4.01. The molecule has 1 saturated heterocycles. The van der Waals surface area contributed by atoms with Crippen LogP contribution in [0.15, 0.2) is 66.9 Å². The number of nitrogens with one attached hydrogen (secondary N) is 5. The average molecular weight is 816 g/mol. The molecule has 5 N–H and O–H groups in total. The minimum absolute atomic E-state index is 0.0736. The number of benzene rings is 3. The summed E-state index contributed by atoms with van der Waals surface area (Å²) in [6.45, 7) is 8.64. The van der Waals surface area contributed by atoms with Gasteiger partial charge in [-0.2, -0.15) is 0 Å². The number of hydrogen-bond donors (Lipinski definition) is 5. The van der Waals surface area contributed by atoms with Crippen LogP contribution >= 0.6 is 0 Å². The van der Waals surface area contributed by atoms with E-state index >= 15 is 0 Å². The van der Waals surface area contributed by atoms with E-state index in [1.165, 1.54) is 14.2 Å². The molecule has 1 fully saturated rings. The summed E-state index contributed by atoms with van der Waals surface area (Å²) in [6, 6.07) is 19.2. The zero-order chi connectivity index (χ0) is 42.5. The van der Waals surface area contributed by atoms with E-state index in [1.807, 2.05) is 63.1 Å². The number of aromatic amines is 2. The van der Waals surface area contributed by atoms with Crippen LogP contribution < -0.4 is 16.0 Å². The Labute approximate surface area is 348 Å². The molecule has 3 unspecified atom stereocenters. The van der Waals surface area contributed by atoms with Gasteiger partial charge in [-0.05, 0) is 90.4 Å². The van der Waals surface area contributed by atoms with Crippen molar-refractivity contribution in [3.8, 4) is 22.4 Å². The normalized spacial score (nSPS) is 15.1. The Morgan fingerprint density at radius 1 is 0.767 bits per heavy atom. The van der Waals surface area contributed by atoms with Gasteiger partial charge in [0.2, 0.25) is 11.8 Å². The van der Waals surface area contributed by atoms with E-state index in [4.69, 9.17) is 19.7 Å². The van der Waals surface area contributed by atoms with Crippen molar-refractivity contribution in [1.29, 1.82) is 0 Å². The van der Waals surface area contributed by atoms with Crippen LogP contribution in [0.3, 0.4) is 0 Å². The van der Waals surface area contributed by atoms with Crippen molar-refractivity contribution in [2.75, 3.05) is 27.3 Å². The molecule has 1 aliphatic heterocycles. The number of nitrogens with zero attached hydrogens (tertiary/aromatic N) is 4. The number of amides is 4. The highest BCUT2D eigenvalue weighted by molar-refractivity contribution is 5.92. The molecule has 314 valence electrons. The highest BCUT2D eigenvalue weighted by Gasteiger charge is 2.37. The molecule has 0 radical (unpaired) electrons. The highest BCUT2D eigenvalue weighted by Crippen LogP contribution is 2.34. The van der Waals surface area contributed by atoms with Gasteiger partial charge < -0.3 is 40.3 Å². The van der Waals surface area contributed by atoms with Crippen molar-refractivity contribution in [2.24, 2.45) is 11.8 Å². The minimum Gasteiger partial charge on any atom is -0.453 e. The molecule has 3 aromatic carbocycles. The van der Waals surface area contributed by atoms with E-state index in [-0.39, 0.29) is 29.7 Å². The first-order chi connectivity index (χ1) is 28.9. The number of ether oxygens (including phenoxy) is 2. The predicted molar refractivity (Wildman–Crippen MR) is 230 cm³/mol. The van der Waals surface area contributed by atoms with E-state index in [1.54, 1.807) is 0 Å². The number of likely N-dealkylation sites (tertiary alicyclic amines) is 1. The number of hydrogen-bond acceptors (Lipinski definition) is 9. The summed E-state index contributed by atoms with van der Waals surface area (Å²) in [5, 5.41) is 10.3. The number of aryl methyl sites for hydroxylation is 1. The number of H-pyrrole nitrogens is 2. The lowest BCUT2D eigenvalue weighted by molar-refractivity contribution is -0.135. The van der Waals surface area contributed by atoms with Crippen molar-refractivity contribution in [1.82, 2.24) is 45.8 Å². The number of alkyl carbamates (subject to hydrolysis) is 2. The van der Waals surface area contributed by atoms with Crippen LogP contribution in [-0.2, 0) is 25.5 Å². The molecule has 3 atom stereocenters. The summed E-state index contributed by atoms with van der Waals surface area (Å²) >= 11 is 0. The summed E-state index contributed by atoms with van der Waals surface area (Å²) in [6.07, 6.45) is 4.61. The lowest BCUT2D eigenvalue weighted by Gasteiger charge is -2.29. The van der Waals surface area contributed by atoms with Crippen molar-refractivity contribution < 1.29 is 28.7 Å². The lowest BCUT2D eigenvalue weighted by atomic mass is 10.0. The summed E-state index contributed by atoms with van der Waals surface area (Å²) in [5.41, 5.74) is 7.43. The van der Waals surface area contributed by atoms with Gasteiger partial charge in [0.15, 0.2) is 0 Å². The Bertz CT molecular complexity index is 2530. The molecule has 4 amide bonds. The van der Waals surface area contributed by atoms with Crippen LogP contribution in [0.5, 0.6) is 0 Å². The van der Waals surface area contributed by atoms with Gasteiger partial charge in [-0.15, -0.1) is 0 Å². The van der Waals surface area contributed by atoms with Gasteiger partial charge in [-0.1, -0.05) is 52.0 Å². The topological polar surface area (TPSA) is 196 Å². The zero-order valence-electron chi connectivity index (χ0n) is 34.9. The largest absolute Gasteiger partial charge is 0.453 e. The summed E-state index contributed by atoms with van der Waals surface area (Å²) in [4.78, 5) is 73.1. The molecule has 1 aliphatic rings. The van der Waals surface area contributed by atoms with Gasteiger partial charge in [-0.3, -0.25) is 14.6 Å². The SMILES string of the molecule is COC(=O)NC(C(=O)NCCCCc1nc2ccc(-c3ccc4cc(-c5ccc6nc(C7CCCN7C(=O)C(NC(=O)OC)C(C)C)[nH]c6c5)ncc4c3)cc2[nH]1)C(C)C. The third-order valence-corrected chi connectivity index (χ3v) is 11.2. The van der Waals surface area contributed by atoms with Crippen LogP contribution in [-0.4, -0.2) is 93.2 Å². The highest BCUT2D eigenvalue weighted by atomic mass is 16.5. The predicted octanol–water partition coefficient (Wildman–Crippen LogP) is 7.19. The minimum atomic E-state index is -0.696. The number of carbonyl (C=O) groups excluding carboxylic acids is 4. The van der Waals surface area contributed by atoms with E-state index in [0.29, 0.717) is 13.1 Å². The van der Waals surface area contributed by atoms with Crippen molar-refractivity contribution in [2.45, 2.75) is 77.9 Å². The van der Waals surface area contributed by atoms with Crippen LogP contribution in [0, 0.1) is 11.8 Å². The summed E-state index contributed by atoms with van der Waals surface area (Å²) in [7, 11) is 2.57. The van der Waals surface area contributed by atoms with E-state index in [2.05, 4.69) is 67.1 Å². The van der Waals surface area contributed by atoms with Crippen LogP contribution in [0.25, 0.3) is 55.2 Å². The first kappa shape index (κ1) is 41.6. The number of aromatic nitrogens is 5. The van der Waals surface area contributed by atoms with Crippen molar-refractivity contribution in [3.63, 3.8) is 0 Å². The van der Waals surface area contributed by atoms with Crippen LogP contribution in [0.2, 0.25) is 0 Å². The number of carbonyl (C=O) groups is 4. The second kappa shape index (κ2) is 18.2. The van der Waals surface area contributed by atoms with E-state index < -0.39 is 24.3 Å². The molecule has 0 spiro atoms. The molecule has 4 heterocycles. The van der Waals surface area contributed by atoms with Gasteiger partial charge >= 0.3 is 12.2 Å². The number of pyridine rings is 1. The molecule has 6 aromatic rings. The standard InChI is InChI=1S/C45H53N9O6/c1-25(2)39(52-44(57)59-5)42(55)46-18-8-7-11-38-48-32-16-14-28(22-35(32)49-38)27-12-13-29-21-34(47-24-31(29)20-27)30-15-17-33-36(23-30)51-41(50-33)37-10-9-19-54(37)43(56)40(26(3)4)53-45(58)60-6/h12-17,20-26,37,39-40H,7-11,18-19H2,1-6H3,(H,46,55)(H,48,49)(H,50,51)(H,52,57)(H,53,58). The lowest BCUT2D eigenvalue weighted by Crippen LogP contribution is -2.51. The molecule has 60 heavy (non-hydrogen) atoms. The quantitative estimate of drug-likeness (QED) is 0.0708. The van der Waals surface area contributed by atoms with Gasteiger partial charge in [0, 0.05) is 36.7 Å². The fraction of sp³-hybridized carbons (Fsp3) is 0.400. The third kappa shape index (κ3) is 9.19. The van der Waals surface area contributed by atoms with Crippen LogP contribution in [0.4, 0.5) is 9.59 Å². The Hall–Kier alpha value is -6.51. The smallest absolute Gasteiger partial charge is 0.407 e. The van der Waals surface area contributed by atoms with Gasteiger partial charge in [-0.25, -0.2) is 19.6 Å². The maximum Gasteiger partial charge on any atom is 0.407 e. The van der Waals surface area contributed by atoms with Crippen molar-refractivity contribution in [3.05, 3.63) is 78.5 Å². The second-order valence-corrected chi connectivity index (χ2v) is 16.1. The molecule has 15 heteroatoms.